The van der Waals surface area contributed by atoms with E-state index in [0.717, 1.165) is 55.9 Å². The zero-order chi connectivity index (χ0) is 17.6. The number of benzene rings is 1. The van der Waals surface area contributed by atoms with E-state index in [-0.39, 0.29) is 16.9 Å². The quantitative estimate of drug-likeness (QED) is 0.723. The molecule has 7 heteroatoms. The van der Waals surface area contributed by atoms with Crippen molar-refractivity contribution in [2.75, 3.05) is 57.0 Å². The summed E-state index contributed by atoms with van der Waals surface area (Å²) >= 11 is 1.08. The lowest BCUT2D eigenvalue weighted by Gasteiger charge is -2.36. The summed E-state index contributed by atoms with van der Waals surface area (Å²) in [6.07, 6.45) is 3.95. The second kappa shape index (κ2) is 8.40. The van der Waals surface area contributed by atoms with Crippen molar-refractivity contribution in [3.63, 3.8) is 0 Å². The fourth-order valence-electron chi connectivity index (χ4n) is 3.02. The molecule has 6 nitrogen and oxygen atoms in total. The number of hydrogen-bond acceptors (Lipinski definition) is 6. The molecule has 0 spiro atoms. The van der Waals surface area contributed by atoms with Crippen LogP contribution in [0.3, 0.4) is 0 Å². The minimum atomic E-state index is -0.139. The summed E-state index contributed by atoms with van der Waals surface area (Å²) < 4.78 is 5.44. The lowest BCUT2D eigenvalue weighted by molar-refractivity contribution is -0.124. The molecular formula is C18H23N3O3S. The number of nitrogens with zero attached hydrogens (tertiary/aromatic N) is 3. The van der Waals surface area contributed by atoms with Gasteiger partial charge < -0.3 is 9.64 Å². The Kier molecular flexibility index (Phi) is 5.99. The Morgan fingerprint density at radius 3 is 2.48 bits per heavy atom. The molecule has 0 saturated carbocycles. The number of thioether (sulfide) groups is 1. The van der Waals surface area contributed by atoms with Crippen molar-refractivity contribution in [2.45, 2.75) is 0 Å². The highest BCUT2D eigenvalue weighted by molar-refractivity contribution is 8.14. The van der Waals surface area contributed by atoms with Gasteiger partial charge in [0, 0.05) is 39.3 Å². The number of methoxy groups -OCH3 is 1. The molecule has 2 fully saturated rings. The molecule has 2 heterocycles. The highest BCUT2D eigenvalue weighted by Gasteiger charge is 2.28. The fourth-order valence-corrected chi connectivity index (χ4v) is 3.76. The number of anilines is 1. The van der Waals surface area contributed by atoms with Crippen molar-refractivity contribution in [1.82, 2.24) is 9.80 Å². The van der Waals surface area contributed by atoms with Gasteiger partial charge in [-0.2, -0.15) is 0 Å². The Morgan fingerprint density at radius 1 is 1.08 bits per heavy atom. The minimum Gasteiger partial charge on any atom is -0.495 e. The maximum Gasteiger partial charge on any atom is 0.289 e. The molecule has 0 radical (unpaired) electrons. The van der Waals surface area contributed by atoms with Gasteiger partial charge in [0.2, 0.25) is 5.91 Å². The number of piperazine rings is 1. The van der Waals surface area contributed by atoms with Crippen molar-refractivity contribution in [1.29, 1.82) is 0 Å². The van der Waals surface area contributed by atoms with Crippen LogP contribution in [-0.2, 0) is 4.79 Å². The number of hydrogen-bond donors (Lipinski definition) is 0. The topological polar surface area (TPSA) is 53.1 Å². The first-order valence-corrected chi connectivity index (χ1v) is 9.40. The first-order valence-electron chi connectivity index (χ1n) is 8.41. The molecule has 0 N–H and O–H groups in total. The van der Waals surface area contributed by atoms with Crippen LogP contribution in [0.1, 0.15) is 0 Å². The molecule has 2 saturated heterocycles. The van der Waals surface area contributed by atoms with E-state index >= 15 is 0 Å². The first-order chi connectivity index (χ1) is 12.2. The zero-order valence-electron chi connectivity index (χ0n) is 14.4. The van der Waals surface area contributed by atoms with E-state index in [2.05, 4.69) is 15.9 Å². The number of para-hydroxylation sites is 2. The molecule has 2 aliphatic heterocycles. The van der Waals surface area contributed by atoms with Crippen LogP contribution in [0.15, 0.2) is 36.4 Å². The van der Waals surface area contributed by atoms with E-state index in [1.54, 1.807) is 7.11 Å². The van der Waals surface area contributed by atoms with E-state index in [9.17, 15) is 9.59 Å². The maximum absolute atomic E-state index is 11.5. The van der Waals surface area contributed by atoms with Crippen LogP contribution < -0.4 is 9.64 Å². The Balaban J connectivity index is 1.44. The van der Waals surface area contributed by atoms with Crippen LogP contribution in [0.2, 0.25) is 0 Å². The molecule has 0 unspecified atom stereocenters. The number of imide groups is 1. The molecule has 2 amide bonds. The Labute approximate surface area is 152 Å². The Bertz CT molecular complexity index is 641. The van der Waals surface area contributed by atoms with Gasteiger partial charge in [0.15, 0.2) is 0 Å². The highest BCUT2D eigenvalue weighted by atomic mass is 32.2. The normalized spacial score (nSPS) is 19.2. The predicted molar refractivity (Wildman–Crippen MR) is 100 cm³/mol. The standard InChI is InChI=1S/C18H23N3O3S/c1-24-16-7-3-2-6-15(16)20-12-10-19(11-13-20)8-4-5-9-21-17(22)14-25-18(21)23/h2-7H,8-14H2,1H3/b5-4-. The average molecular weight is 361 g/mol. The van der Waals surface area contributed by atoms with Crippen LogP contribution in [0.5, 0.6) is 5.75 Å². The van der Waals surface area contributed by atoms with Gasteiger partial charge in [-0.25, -0.2) is 0 Å². The number of carbonyl (C=O) groups excluding carboxylic acids is 2. The smallest absolute Gasteiger partial charge is 0.289 e. The molecule has 1 aromatic rings. The average Bonchev–Trinajstić information content (AvgIpc) is 2.97. The third-order valence-corrected chi connectivity index (χ3v) is 5.32. The Hall–Kier alpha value is -1.99. The summed E-state index contributed by atoms with van der Waals surface area (Å²) in [6.45, 7) is 5.07. The van der Waals surface area contributed by atoms with Crippen LogP contribution in [-0.4, -0.2) is 73.1 Å². The van der Waals surface area contributed by atoms with Gasteiger partial charge in [0.05, 0.1) is 18.6 Å². The van der Waals surface area contributed by atoms with Gasteiger partial charge >= 0.3 is 0 Å². The molecule has 134 valence electrons. The molecule has 0 atom stereocenters. The Morgan fingerprint density at radius 2 is 1.80 bits per heavy atom. The summed E-state index contributed by atoms with van der Waals surface area (Å²) in [5.74, 6) is 1.09. The van der Waals surface area contributed by atoms with Gasteiger partial charge in [-0.1, -0.05) is 36.0 Å². The second-order valence-electron chi connectivity index (χ2n) is 5.99. The molecule has 2 aliphatic rings. The van der Waals surface area contributed by atoms with Crippen LogP contribution in [0, 0.1) is 0 Å². The molecule has 3 rings (SSSR count). The lowest BCUT2D eigenvalue weighted by atomic mass is 10.2. The van der Waals surface area contributed by atoms with Crippen molar-refractivity contribution in [3.8, 4) is 5.75 Å². The van der Waals surface area contributed by atoms with Crippen molar-refractivity contribution >= 4 is 28.6 Å². The lowest BCUT2D eigenvalue weighted by Crippen LogP contribution is -2.46. The monoisotopic (exact) mass is 361 g/mol. The fraction of sp³-hybridized carbons (Fsp3) is 0.444. The molecule has 1 aromatic carbocycles. The van der Waals surface area contributed by atoms with E-state index in [1.807, 2.05) is 30.4 Å². The first kappa shape index (κ1) is 17.8. The second-order valence-corrected chi connectivity index (χ2v) is 6.92. The number of ether oxygens (including phenoxy) is 1. The number of carbonyl (C=O) groups is 2. The van der Waals surface area contributed by atoms with E-state index in [1.165, 1.54) is 4.90 Å². The summed E-state index contributed by atoms with van der Waals surface area (Å²) in [5.41, 5.74) is 1.14. The van der Waals surface area contributed by atoms with Crippen molar-refractivity contribution < 1.29 is 14.3 Å². The largest absolute Gasteiger partial charge is 0.495 e. The van der Waals surface area contributed by atoms with E-state index in [4.69, 9.17) is 4.74 Å². The summed E-state index contributed by atoms with van der Waals surface area (Å²) in [4.78, 5) is 29.1. The van der Waals surface area contributed by atoms with Gasteiger partial charge in [0.1, 0.15) is 5.75 Å². The van der Waals surface area contributed by atoms with Crippen molar-refractivity contribution in [3.05, 3.63) is 36.4 Å². The van der Waals surface area contributed by atoms with Gasteiger partial charge in [-0.3, -0.25) is 19.4 Å². The molecule has 0 bridgehead atoms. The highest BCUT2D eigenvalue weighted by Crippen LogP contribution is 2.28. The van der Waals surface area contributed by atoms with Gasteiger partial charge in [-0.05, 0) is 12.1 Å². The molecule has 0 aromatic heterocycles. The van der Waals surface area contributed by atoms with E-state index in [0.29, 0.717) is 6.54 Å². The van der Waals surface area contributed by atoms with Crippen molar-refractivity contribution in [2.24, 2.45) is 0 Å². The predicted octanol–water partition coefficient (Wildman–Crippen LogP) is 2.07. The van der Waals surface area contributed by atoms with E-state index < -0.39 is 0 Å². The maximum atomic E-state index is 11.5. The summed E-state index contributed by atoms with van der Waals surface area (Å²) in [5, 5.41) is -0.139. The molecular weight excluding hydrogens is 338 g/mol. The molecule has 25 heavy (non-hydrogen) atoms. The third kappa shape index (κ3) is 4.35. The minimum absolute atomic E-state index is 0.0925. The van der Waals surface area contributed by atoms with Gasteiger partial charge in [-0.15, -0.1) is 0 Å². The summed E-state index contributed by atoms with van der Waals surface area (Å²) in [7, 11) is 1.70. The van der Waals surface area contributed by atoms with Crippen LogP contribution in [0.4, 0.5) is 10.5 Å². The zero-order valence-corrected chi connectivity index (χ0v) is 15.2. The molecule has 0 aliphatic carbocycles. The third-order valence-electron chi connectivity index (χ3n) is 4.46. The number of rotatable bonds is 6. The van der Waals surface area contributed by atoms with Crippen LogP contribution >= 0.6 is 11.8 Å². The van der Waals surface area contributed by atoms with Gasteiger partial charge in [0.25, 0.3) is 5.24 Å². The number of amides is 2. The summed E-state index contributed by atoms with van der Waals surface area (Å²) in [6, 6.07) is 8.10. The SMILES string of the molecule is COc1ccccc1N1CCN(C/C=C\CN2C(=O)CSC2=O)CC1. The van der Waals surface area contributed by atoms with Crippen LogP contribution in [0.25, 0.3) is 0 Å².